The first kappa shape index (κ1) is 34.7. The summed E-state index contributed by atoms with van der Waals surface area (Å²) in [5.41, 5.74) is 2.57. The molecule has 0 aliphatic carbocycles. The van der Waals surface area contributed by atoms with Crippen molar-refractivity contribution in [1.29, 1.82) is 0 Å². The summed E-state index contributed by atoms with van der Waals surface area (Å²) in [7, 11) is 0. The first-order valence-electron chi connectivity index (χ1n) is 15.1. The molecule has 11 heteroatoms. The van der Waals surface area contributed by atoms with Crippen LogP contribution >= 0.6 is 50.7 Å². The van der Waals surface area contributed by atoms with E-state index in [1.54, 1.807) is 12.1 Å². The molecule has 2 aromatic carbocycles. The molecule has 0 spiro atoms. The number of benzene rings is 2. The van der Waals surface area contributed by atoms with Gasteiger partial charge >= 0.3 is 5.97 Å². The second-order valence-electron chi connectivity index (χ2n) is 11.4. The molecule has 2 heterocycles. The predicted molar refractivity (Wildman–Crippen MR) is 181 cm³/mol. The number of nitrogens with one attached hydrogen (secondary N) is 1. The minimum Gasteiger partial charge on any atom is -0.431 e. The average Bonchev–Trinajstić information content (AvgIpc) is 2.99. The van der Waals surface area contributed by atoms with E-state index in [-0.39, 0.29) is 36.7 Å². The van der Waals surface area contributed by atoms with Gasteiger partial charge in [0.05, 0.1) is 21.1 Å². The van der Waals surface area contributed by atoms with Crippen LogP contribution in [0.4, 0.5) is 10.2 Å². The molecule has 6 nitrogen and oxygen atoms in total. The van der Waals surface area contributed by atoms with E-state index in [0.717, 1.165) is 52.7 Å². The number of alkyl halides is 1. The van der Waals surface area contributed by atoms with Crippen LogP contribution in [0.5, 0.6) is 0 Å². The van der Waals surface area contributed by atoms with Gasteiger partial charge in [-0.1, -0.05) is 71.0 Å². The number of carbonyl (C=O) groups is 2. The molecule has 1 saturated heterocycles. The van der Waals surface area contributed by atoms with E-state index in [1.165, 1.54) is 6.42 Å². The number of aromatic nitrogens is 1. The van der Waals surface area contributed by atoms with Crippen molar-refractivity contribution in [3.63, 3.8) is 0 Å². The maximum absolute atomic E-state index is 14.1. The summed E-state index contributed by atoms with van der Waals surface area (Å²) in [5, 5.41) is 4.70. The fourth-order valence-corrected chi connectivity index (χ4v) is 7.06. The van der Waals surface area contributed by atoms with Gasteiger partial charge in [-0.05, 0) is 74.4 Å². The van der Waals surface area contributed by atoms with Crippen molar-refractivity contribution in [2.45, 2.75) is 78.0 Å². The molecule has 238 valence electrons. The van der Waals surface area contributed by atoms with E-state index in [9.17, 15) is 14.0 Å². The van der Waals surface area contributed by atoms with Crippen molar-refractivity contribution in [3.8, 4) is 0 Å². The Morgan fingerprint density at radius 2 is 1.91 bits per heavy atom. The van der Waals surface area contributed by atoms with E-state index < -0.39 is 18.2 Å². The van der Waals surface area contributed by atoms with Gasteiger partial charge in [0, 0.05) is 58.8 Å². The summed E-state index contributed by atoms with van der Waals surface area (Å²) in [6.45, 7) is 7.85. The van der Waals surface area contributed by atoms with E-state index in [2.05, 4.69) is 33.1 Å². The number of hydrogen-bond donors (Lipinski definition) is 1. The van der Waals surface area contributed by atoms with E-state index in [1.807, 2.05) is 32.0 Å². The molecule has 0 radical (unpaired) electrons. The number of piperidine rings is 1. The zero-order chi connectivity index (χ0) is 32.0. The molecule has 3 atom stereocenters. The molecule has 0 saturated carbocycles. The lowest BCUT2D eigenvalue weighted by molar-refractivity contribution is -0.158. The Balaban J connectivity index is 1.65. The average molecular weight is 730 g/mol. The third kappa shape index (κ3) is 8.36. The van der Waals surface area contributed by atoms with Gasteiger partial charge in [0.15, 0.2) is 0 Å². The van der Waals surface area contributed by atoms with Gasteiger partial charge in [-0.15, -0.1) is 0 Å². The van der Waals surface area contributed by atoms with Gasteiger partial charge in [0.25, 0.3) is 5.91 Å². The number of halogens is 5. The summed E-state index contributed by atoms with van der Waals surface area (Å²) in [6, 6.07) is 8.96. The van der Waals surface area contributed by atoms with Crippen LogP contribution in [0.15, 0.2) is 34.8 Å². The molecule has 1 aliphatic rings. The summed E-state index contributed by atoms with van der Waals surface area (Å²) in [5.74, 6) is -0.0596. The van der Waals surface area contributed by atoms with Crippen LogP contribution in [0, 0.1) is 12.8 Å². The maximum Gasteiger partial charge on any atom is 0.308 e. The third-order valence-electron chi connectivity index (χ3n) is 8.26. The first-order valence-corrected chi connectivity index (χ1v) is 17.1. The predicted octanol–water partition coefficient (Wildman–Crippen LogP) is 9.83. The van der Waals surface area contributed by atoms with Crippen LogP contribution in [-0.2, 0) is 9.53 Å². The van der Waals surface area contributed by atoms with Crippen LogP contribution in [0.1, 0.15) is 86.2 Å². The molecule has 1 aliphatic heterocycles. The summed E-state index contributed by atoms with van der Waals surface area (Å²) < 4.78 is 19.7. The topological polar surface area (TPSA) is 71.5 Å². The summed E-state index contributed by atoms with van der Waals surface area (Å²) in [4.78, 5) is 33.8. The van der Waals surface area contributed by atoms with Gasteiger partial charge in [-0.25, -0.2) is 9.37 Å². The SMILES string of the molecule is CCCC(F)OC(=O)CCC(CNC(=O)c1c(C)c(N2CCCC(CC)C2)nc2ccc(Br)cc12)c1c(Cl)ccc(Cl)c1Cl. The van der Waals surface area contributed by atoms with Crippen LogP contribution in [0.25, 0.3) is 10.9 Å². The Bertz CT molecular complexity index is 1510. The number of ether oxygens (including phenoxy) is 1. The van der Waals surface area contributed by atoms with Crippen LogP contribution in [0.3, 0.4) is 0 Å². The number of nitrogens with zero attached hydrogens (tertiary/aromatic N) is 2. The smallest absolute Gasteiger partial charge is 0.308 e. The van der Waals surface area contributed by atoms with Crippen LogP contribution in [-0.4, -0.2) is 42.9 Å². The third-order valence-corrected chi connectivity index (χ3v) is 9.90. The molecular weight excluding hydrogens is 692 g/mol. The summed E-state index contributed by atoms with van der Waals surface area (Å²) in [6.07, 6.45) is 2.49. The second-order valence-corrected chi connectivity index (χ2v) is 13.5. The number of hydrogen-bond acceptors (Lipinski definition) is 5. The molecule has 1 amide bonds. The lowest BCUT2D eigenvalue weighted by atomic mass is 9.93. The Hall–Kier alpha value is -2.13. The van der Waals surface area contributed by atoms with Gasteiger partial charge in [-0.2, -0.15) is 0 Å². The molecule has 0 bridgehead atoms. The molecule has 44 heavy (non-hydrogen) atoms. The zero-order valence-electron chi connectivity index (χ0n) is 25.2. The lowest BCUT2D eigenvalue weighted by Crippen LogP contribution is -2.37. The van der Waals surface area contributed by atoms with Crippen molar-refractivity contribution in [2.75, 3.05) is 24.5 Å². The molecule has 3 unspecified atom stereocenters. The molecule has 3 aromatic rings. The Kier molecular flexibility index (Phi) is 12.6. The lowest BCUT2D eigenvalue weighted by Gasteiger charge is -2.34. The molecule has 4 rings (SSSR count). The van der Waals surface area contributed by atoms with E-state index >= 15 is 0 Å². The normalized spacial score (nSPS) is 16.5. The Labute approximate surface area is 282 Å². The fourth-order valence-electron chi connectivity index (χ4n) is 5.86. The largest absolute Gasteiger partial charge is 0.431 e. The summed E-state index contributed by atoms with van der Waals surface area (Å²) >= 11 is 23.0. The van der Waals surface area contributed by atoms with Crippen LogP contribution < -0.4 is 10.2 Å². The van der Waals surface area contributed by atoms with Gasteiger partial charge in [-0.3, -0.25) is 9.59 Å². The quantitative estimate of drug-likeness (QED) is 0.149. The highest BCUT2D eigenvalue weighted by Crippen LogP contribution is 2.39. The number of esters is 1. The van der Waals surface area contributed by atoms with Gasteiger partial charge in [0.2, 0.25) is 6.36 Å². The molecular formula is C33H38BrCl3FN3O3. The van der Waals surface area contributed by atoms with E-state index in [0.29, 0.717) is 33.5 Å². The number of amides is 1. The number of pyridine rings is 1. The van der Waals surface area contributed by atoms with Gasteiger partial charge < -0.3 is 15.0 Å². The second kappa shape index (κ2) is 15.9. The highest BCUT2D eigenvalue weighted by Gasteiger charge is 2.27. The van der Waals surface area contributed by atoms with Crippen molar-refractivity contribution < 1.29 is 18.7 Å². The number of fused-ring (bicyclic) bond motifs is 1. The fraction of sp³-hybridized carbons (Fsp3) is 0.485. The molecule has 1 fully saturated rings. The van der Waals surface area contributed by atoms with E-state index in [4.69, 9.17) is 44.5 Å². The van der Waals surface area contributed by atoms with Crippen LogP contribution in [0.2, 0.25) is 15.1 Å². The minimum absolute atomic E-state index is 0.0916. The first-order chi connectivity index (χ1) is 21.0. The standard InChI is InChI=1S/C33H38BrCl3FN3O3/c1-4-7-27(38)44-28(42)14-9-21(30-24(35)11-12-25(36)31(30)37)17-39-33(43)29-19(3)32(41-15-6-8-20(5-2)18-41)40-26-13-10-22(34)16-23(26)29/h10-13,16,20-21,27H,4-9,14-15,17-18H2,1-3H3,(H,39,43). The number of anilines is 1. The maximum atomic E-state index is 14.1. The monoisotopic (exact) mass is 727 g/mol. The van der Waals surface area contributed by atoms with Crippen molar-refractivity contribution in [1.82, 2.24) is 10.3 Å². The van der Waals surface area contributed by atoms with Crippen molar-refractivity contribution in [3.05, 3.63) is 66.6 Å². The Morgan fingerprint density at radius 1 is 1.16 bits per heavy atom. The number of rotatable bonds is 12. The van der Waals surface area contributed by atoms with Gasteiger partial charge in [0.1, 0.15) is 5.82 Å². The minimum atomic E-state index is -1.66. The molecule has 1 N–H and O–H groups in total. The van der Waals surface area contributed by atoms with Crippen molar-refractivity contribution in [2.24, 2.45) is 5.92 Å². The molecule has 1 aromatic heterocycles. The Morgan fingerprint density at radius 3 is 2.64 bits per heavy atom. The van der Waals surface area contributed by atoms with Crippen molar-refractivity contribution >= 4 is 79.3 Å². The zero-order valence-corrected chi connectivity index (χ0v) is 29.1. The highest BCUT2D eigenvalue weighted by atomic mass is 79.9. The highest BCUT2D eigenvalue weighted by molar-refractivity contribution is 9.10. The number of carbonyl (C=O) groups excluding carboxylic acids is 2.